The average Bonchev–Trinajstić information content (AvgIpc) is 2.45. The first-order valence-electron chi connectivity index (χ1n) is 7.57. The summed E-state index contributed by atoms with van der Waals surface area (Å²) < 4.78 is 4.76. The van der Waals surface area contributed by atoms with Crippen molar-refractivity contribution in [3.05, 3.63) is 35.3 Å². The highest BCUT2D eigenvalue weighted by Crippen LogP contribution is 2.41. The summed E-state index contributed by atoms with van der Waals surface area (Å²) in [7, 11) is 1.25. The molecule has 0 radical (unpaired) electrons. The standard InChI is InChI=1S/C17H25NO5/c1-6-8-11(18-23-9-7-2)13-12(19)10-17(3,4)14(15(13)20)16(21)22-5/h7,18,20H,2,6,8-10H2,1,3-5H3. The first-order valence-corrected chi connectivity index (χ1v) is 7.57. The molecule has 0 aromatic rings. The second-order valence-corrected chi connectivity index (χ2v) is 6.00. The first-order chi connectivity index (χ1) is 10.8. The Labute approximate surface area is 136 Å². The molecule has 0 saturated carbocycles. The number of hydroxylamine groups is 1. The van der Waals surface area contributed by atoms with Crippen LogP contribution >= 0.6 is 0 Å². The monoisotopic (exact) mass is 323 g/mol. The molecule has 128 valence electrons. The van der Waals surface area contributed by atoms with Gasteiger partial charge < -0.3 is 9.84 Å². The normalized spacial score (nSPS) is 19.4. The van der Waals surface area contributed by atoms with E-state index in [1.807, 2.05) is 6.92 Å². The summed E-state index contributed by atoms with van der Waals surface area (Å²) in [5, 5.41) is 10.6. The number of aliphatic hydroxyl groups is 1. The molecule has 1 rings (SSSR count). The van der Waals surface area contributed by atoms with Gasteiger partial charge >= 0.3 is 5.97 Å². The Bertz CT molecular complexity index is 557. The SMILES string of the molecule is C=CCONC(CCC)=C1C(=O)CC(C)(C)C(C(=O)OC)=C1O. The van der Waals surface area contributed by atoms with E-state index in [9.17, 15) is 14.7 Å². The van der Waals surface area contributed by atoms with Crippen LogP contribution in [-0.4, -0.2) is 30.6 Å². The fourth-order valence-electron chi connectivity index (χ4n) is 2.61. The molecule has 23 heavy (non-hydrogen) atoms. The predicted molar refractivity (Wildman–Crippen MR) is 86.3 cm³/mol. The third-order valence-electron chi connectivity index (χ3n) is 3.62. The molecule has 1 aliphatic rings. The number of nitrogens with one attached hydrogen (secondary N) is 1. The van der Waals surface area contributed by atoms with Crippen LogP contribution in [0.3, 0.4) is 0 Å². The highest BCUT2D eigenvalue weighted by Gasteiger charge is 2.42. The number of hydrogen-bond donors (Lipinski definition) is 2. The topological polar surface area (TPSA) is 84.9 Å². The van der Waals surface area contributed by atoms with Crippen LogP contribution in [0.15, 0.2) is 35.3 Å². The van der Waals surface area contributed by atoms with E-state index < -0.39 is 11.4 Å². The van der Waals surface area contributed by atoms with E-state index in [2.05, 4.69) is 12.1 Å². The van der Waals surface area contributed by atoms with E-state index in [-0.39, 0.29) is 35.7 Å². The van der Waals surface area contributed by atoms with E-state index in [0.29, 0.717) is 12.1 Å². The summed E-state index contributed by atoms with van der Waals surface area (Å²) >= 11 is 0. The summed E-state index contributed by atoms with van der Waals surface area (Å²) in [5.41, 5.74) is 2.55. The molecule has 0 bridgehead atoms. The molecule has 0 fully saturated rings. The number of carbonyl (C=O) groups is 2. The molecular formula is C17H25NO5. The fourth-order valence-corrected chi connectivity index (χ4v) is 2.61. The first kappa shape index (κ1) is 19.0. The second kappa shape index (κ2) is 7.97. The lowest BCUT2D eigenvalue weighted by atomic mass is 9.72. The average molecular weight is 323 g/mol. The second-order valence-electron chi connectivity index (χ2n) is 6.00. The zero-order valence-corrected chi connectivity index (χ0v) is 14.2. The summed E-state index contributed by atoms with van der Waals surface area (Å²) in [6, 6.07) is 0. The number of methoxy groups -OCH3 is 1. The largest absolute Gasteiger partial charge is 0.507 e. The minimum absolute atomic E-state index is 0.0932. The van der Waals surface area contributed by atoms with Crippen molar-refractivity contribution < 1.29 is 24.3 Å². The molecule has 0 atom stereocenters. The number of esters is 1. The smallest absolute Gasteiger partial charge is 0.338 e. The predicted octanol–water partition coefficient (Wildman–Crippen LogP) is 2.73. The minimum Gasteiger partial charge on any atom is -0.507 e. The van der Waals surface area contributed by atoms with Crippen LogP contribution in [0.4, 0.5) is 0 Å². The molecule has 0 spiro atoms. The van der Waals surface area contributed by atoms with E-state index in [4.69, 9.17) is 9.57 Å². The van der Waals surface area contributed by atoms with Crippen molar-refractivity contribution in [2.75, 3.05) is 13.7 Å². The van der Waals surface area contributed by atoms with Crippen molar-refractivity contribution in [3.63, 3.8) is 0 Å². The number of hydrogen-bond acceptors (Lipinski definition) is 6. The zero-order chi connectivity index (χ0) is 17.6. The highest BCUT2D eigenvalue weighted by atomic mass is 16.6. The maximum Gasteiger partial charge on any atom is 0.338 e. The van der Waals surface area contributed by atoms with Gasteiger partial charge in [0.25, 0.3) is 0 Å². The van der Waals surface area contributed by atoms with E-state index in [0.717, 1.165) is 6.42 Å². The van der Waals surface area contributed by atoms with Gasteiger partial charge in [-0.2, -0.15) is 0 Å². The van der Waals surface area contributed by atoms with Gasteiger partial charge in [0.15, 0.2) is 5.78 Å². The van der Waals surface area contributed by atoms with Crippen LogP contribution in [0.2, 0.25) is 0 Å². The van der Waals surface area contributed by atoms with Crippen molar-refractivity contribution in [2.24, 2.45) is 5.41 Å². The van der Waals surface area contributed by atoms with Gasteiger partial charge in [0.05, 0.1) is 30.6 Å². The Morgan fingerprint density at radius 3 is 2.65 bits per heavy atom. The van der Waals surface area contributed by atoms with Crippen molar-refractivity contribution >= 4 is 11.8 Å². The van der Waals surface area contributed by atoms with Crippen LogP contribution < -0.4 is 5.48 Å². The van der Waals surface area contributed by atoms with Crippen LogP contribution in [-0.2, 0) is 19.2 Å². The molecule has 2 N–H and O–H groups in total. The van der Waals surface area contributed by atoms with Gasteiger partial charge in [0, 0.05) is 11.8 Å². The maximum atomic E-state index is 12.5. The van der Waals surface area contributed by atoms with Crippen LogP contribution in [0, 0.1) is 5.41 Å². The lowest BCUT2D eigenvalue weighted by Gasteiger charge is -2.32. The van der Waals surface area contributed by atoms with Crippen molar-refractivity contribution in [2.45, 2.75) is 40.0 Å². The molecule has 6 nitrogen and oxygen atoms in total. The summed E-state index contributed by atoms with van der Waals surface area (Å²) in [5.74, 6) is -1.21. The number of ketones is 1. The number of Topliss-reactive ketones (excluding diaryl/α,β-unsaturated/α-hetero) is 1. The minimum atomic E-state index is -0.795. The number of rotatable bonds is 7. The van der Waals surface area contributed by atoms with Crippen LogP contribution in [0.1, 0.15) is 40.0 Å². The fraction of sp³-hybridized carbons (Fsp3) is 0.529. The van der Waals surface area contributed by atoms with E-state index in [1.165, 1.54) is 7.11 Å². The molecule has 6 heteroatoms. The van der Waals surface area contributed by atoms with Gasteiger partial charge in [0.1, 0.15) is 5.76 Å². The highest BCUT2D eigenvalue weighted by molar-refractivity contribution is 6.06. The Hall–Kier alpha value is -2.08. The molecule has 0 aromatic carbocycles. The molecular weight excluding hydrogens is 298 g/mol. The number of ether oxygens (including phenoxy) is 1. The maximum absolute atomic E-state index is 12.5. The molecule has 0 heterocycles. The van der Waals surface area contributed by atoms with Crippen molar-refractivity contribution in [1.82, 2.24) is 5.48 Å². The molecule has 0 aliphatic heterocycles. The Balaban J connectivity index is 3.44. The molecule has 1 aliphatic carbocycles. The number of carbonyl (C=O) groups excluding carboxylic acids is 2. The van der Waals surface area contributed by atoms with Crippen molar-refractivity contribution in [3.8, 4) is 0 Å². The lowest BCUT2D eigenvalue weighted by molar-refractivity contribution is -0.138. The third-order valence-corrected chi connectivity index (χ3v) is 3.62. The van der Waals surface area contributed by atoms with Gasteiger partial charge in [-0.3, -0.25) is 15.1 Å². The van der Waals surface area contributed by atoms with Crippen molar-refractivity contribution in [1.29, 1.82) is 0 Å². The molecule has 0 saturated heterocycles. The number of aliphatic hydroxyl groups excluding tert-OH is 1. The van der Waals surface area contributed by atoms with E-state index in [1.54, 1.807) is 19.9 Å². The summed E-state index contributed by atoms with van der Waals surface area (Å²) in [6.07, 6.45) is 2.90. The van der Waals surface area contributed by atoms with Gasteiger partial charge in [-0.1, -0.05) is 33.3 Å². The van der Waals surface area contributed by atoms with Gasteiger partial charge in [0.2, 0.25) is 0 Å². The van der Waals surface area contributed by atoms with E-state index >= 15 is 0 Å². The Morgan fingerprint density at radius 2 is 2.13 bits per heavy atom. The zero-order valence-electron chi connectivity index (χ0n) is 14.2. The number of allylic oxidation sites excluding steroid dienone is 2. The Kier molecular flexibility index (Phi) is 6.57. The van der Waals surface area contributed by atoms with Crippen LogP contribution in [0.5, 0.6) is 0 Å². The van der Waals surface area contributed by atoms with Gasteiger partial charge in [-0.15, -0.1) is 6.58 Å². The van der Waals surface area contributed by atoms with Gasteiger partial charge in [-0.05, 0) is 6.42 Å². The molecule has 0 aromatic heterocycles. The summed E-state index contributed by atoms with van der Waals surface area (Å²) in [6.45, 7) is 9.18. The van der Waals surface area contributed by atoms with Gasteiger partial charge in [-0.25, -0.2) is 4.79 Å². The molecule has 0 unspecified atom stereocenters. The summed E-state index contributed by atoms with van der Waals surface area (Å²) in [4.78, 5) is 29.7. The lowest BCUT2D eigenvalue weighted by Crippen LogP contribution is -2.35. The van der Waals surface area contributed by atoms with Crippen LogP contribution in [0.25, 0.3) is 0 Å². The quantitative estimate of drug-likeness (QED) is 0.246. The molecule has 0 amide bonds. The Morgan fingerprint density at radius 1 is 1.48 bits per heavy atom. The third kappa shape index (κ3) is 4.22.